The van der Waals surface area contributed by atoms with E-state index in [1.165, 1.54) is 0 Å². The molecule has 6 heteroatoms. The van der Waals surface area contributed by atoms with Crippen LogP contribution >= 0.6 is 24.4 Å². The van der Waals surface area contributed by atoms with Crippen LogP contribution in [0.4, 0.5) is 5.69 Å². The van der Waals surface area contributed by atoms with Crippen LogP contribution in [0, 0.1) is 0 Å². The second-order valence-corrected chi connectivity index (χ2v) is 6.83. The van der Waals surface area contributed by atoms with Crippen LogP contribution in [0.15, 0.2) is 65.9 Å². The SMILES string of the molecule is COc1ccc([C@H]2NC(=S)N(C)C(C)=C2C(=S)Nc2ccccc2)cc1. The number of allylic oxidation sites excluding steroid dienone is 1. The minimum Gasteiger partial charge on any atom is -0.497 e. The Bertz CT molecular complexity index is 847. The highest BCUT2D eigenvalue weighted by atomic mass is 32.1. The minimum atomic E-state index is -0.117. The van der Waals surface area contributed by atoms with Crippen LogP contribution in [-0.2, 0) is 0 Å². The highest BCUT2D eigenvalue weighted by Gasteiger charge is 2.30. The summed E-state index contributed by atoms with van der Waals surface area (Å²) in [5.74, 6) is 0.816. The number of para-hydroxylation sites is 1. The van der Waals surface area contributed by atoms with Crippen molar-refractivity contribution in [3.8, 4) is 5.75 Å². The van der Waals surface area contributed by atoms with Crippen LogP contribution in [0.2, 0.25) is 0 Å². The largest absolute Gasteiger partial charge is 0.497 e. The Balaban J connectivity index is 1.98. The molecular formula is C20H21N3OS2. The van der Waals surface area contributed by atoms with E-state index in [4.69, 9.17) is 29.2 Å². The van der Waals surface area contributed by atoms with E-state index >= 15 is 0 Å². The van der Waals surface area contributed by atoms with Crippen LogP contribution in [0.5, 0.6) is 5.75 Å². The maximum Gasteiger partial charge on any atom is 0.173 e. The summed E-state index contributed by atoms with van der Waals surface area (Å²) in [6.07, 6.45) is 0. The van der Waals surface area contributed by atoms with Gasteiger partial charge in [0.25, 0.3) is 0 Å². The van der Waals surface area contributed by atoms with E-state index in [1.807, 2.05) is 73.5 Å². The molecule has 1 aliphatic rings. The van der Waals surface area contributed by atoms with E-state index in [-0.39, 0.29) is 6.04 Å². The minimum absolute atomic E-state index is 0.117. The number of benzene rings is 2. The predicted molar refractivity (Wildman–Crippen MR) is 115 cm³/mol. The Labute approximate surface area is 164 Å². The van der Waals surface area contributed by atoms with Crippen molar-refractivity contribution in [2.75, 3.05) is 19.5 Å². The zero-order chi connectivity index (χ0) is 18.7. The summed E-state index contributed by atoms with van der Waals surface area (Å²) in [5.41, 5.74) is 4.07. The Morgan fingerprint density at radius 1 is 1.12 bits per heavy atom. The standard InChI is InChI=1S/C20H21N3OS2/c1-13-17(19(25)21-15-7-5-4-6-8-15)18(22-20(26)23(13)2)14-9-11-16(24-3)12-10-14/h4-12,18H,1-3H3,(H,21,25)(H,22,26)/t18-/m1/s1. The first kappa shape index (κ1) is 18.4. The molecular weight excluding hydrogens is 362 g/mol. The van der Waals surface area contributed by atoms with E-state index in [0.29, 0.717) is 10.1 Å². The van der Waals surface area contributed by atoms with Gasteiger partial charge in [0.15, 0.2) is 5.11 Å². The van der Waals surface area contributed by atoms with E-state index < -0.39 is 0 Å². The molecule has 0 saturated heterocycles. The average molecular weight is 384 g/mol. The van der Waals surface area contributed by atoms with Crippen molar-refractivity contribution in [3.05, 3.63) is 71.4 Å². The molecule has 0 radical (unpaired) electrons. The van der Waals surface area contributed by atoms with Crippen molar-refractivity contribution in [1.82, 2.24) is 10.2 Å². The van der Waals surface area contributed by atoms with Crippen LogP contribution in [-0.4, -0.2) is 29.2 Å². The molecule has 26 heavy (non-hydrogen) atoms. The van der Waals surface area contributed by atoms with Gasteiger partial charge < -0.3 is 20.3 Å². The Kier molecular flexibility index (Phi) is 5.54. The lowest BCUT2D eigenvalue weighted by Gasteiger charge is -2.36. The lowest BCUT2D eigenvalue weighted by atomic mass is 9.94. The Hall–Kier alpha value is -2.44. The van der Waals surface area contributed by atoms with Gasteiger partial charge in [0, 0.05) is 24.0 Å². The topological polar surface area (TPSA) is 36.5 Å². The van der Waals surface area contributed by atoms with Crippen molar-refractivity contribution >= 4 is 40.2 Å². The first-order valence-electron chi connectivity index (χ1n) is 8.26. The smallest absolute Gasteiger partial charge is 0.173 e. The lowest BCUT2D eigenvalue weighted by molar-refractivity contribution is 0.414. The number of nitrogens with one attached hydrogen (secondary N) is 2. The number of ether oxygens (including phenoxy) is 1. The van der Waals surface area contributed by atoms with Crippen LogP contribution in [0.1, 0.15) is 18.5 Å². The zero-order valence-electron chi connectivity index (χ0n) is 14.9. The first-order chi connectivity index (χ1) is 12.5. The number of hydrogen-bond acceptors (Lipinski definition) is 3. The molecule has 0 unspecified atom stereocenters. The van der Waals surface area contributed by atoms with Gasteiger partial charge in [0.05, 0.1) is 13.2 Å². The van der Waals surface area contributed by atoms with Gasteiger partial charge in [-0.1, -0.05) is 42.5 Å². The molecule has 0 amide bonds. The van der Waals surface area contributed by atoms with Gasteiger partial charge in [-0.3, -0.25) is 0 Å². The summed E-state index contributed by atoms with van der Waals surface area (Å²) < 4.78 is 5.26. The number of anilines is 1. The number of methoxy groups -OCH3 is 1. The van der Waals surface area contributed by atoms with Crippen LogP contribution in [0.25, 0.3) is 0 Å². The quantitative estimate of drug-likeness (QED) is 0.768. The van der Waals surface area contributed by atoms with Gasteiger partial charge in [-0.15, -0.1) is 0 Å². The van der Waals surface area contributed by atoms with Crippen molar-refractivity contribution < 1.29 is 4.74 Å². The number of nitrogens with zero attached hydrogens (tertiary/aromatic N) is 1. The molecule has 1 heterocycles. The normalized spacial score (nSPS) is 17.0. The van der Waals surface area contributed by atoms with Crippen LogP contribution in [0.3, 0.4) is 0 Å². The molecule has 134 valence electrons. The molecule has 2 aromatic rings. The van der Waals surface area contributed by atoms with E-state index in [9.17, 15) is 0 Å². The summed E-state index contributed by atoms with van der Waals surface area (Å²) in [6.45, 7) is 2.04. The predicted octanol–water partition coefficient (Wildman–Crippen LogP) is 4.27. The summed E-state index contributed by atoms with van der Waals surface area (Å²) in [6, 6.07) is 17.8. The number of rotatable bonds is 4. The fourth-order valence-corrected chi connectivity index (χ4v) is 3.53. The second kappa shape index (κ2) is 7.85. The first-order valence-corrected chi connectivity index (χ1v) is 9.08. The highest BCUT2D eigenvalue weighted by molar-refractivity contribution is 7.81. The number of thiocarbonyl (C=S) groups is 2. The van der Waals surface area contributed by atoms with Gasteiger partial charge in [-0.2, -0.15) is 0 Å². The third-order valence-corrected chi connectivity index (χ3v) is 5.19. The van der Waals surface area contributed by atoms with E-state index in [2.05, 4.69) is 10.6 Å². The molecule has 1 aliphatic heterocycles. The summed E-state index contributed by atoms with van der Waals surface area (Å²) >= 11 is 11.2. The summed E-state index contributed by atoms with van der Waals surface area (Å²) in [7, 11) is 3.60. The molecule has 0 bridgehead atoms. The fourth-order valence-electron chi connectivity index (χ4n) is 2.90. The Morgan fingerprint density at radius 3 is 2.38 bits per heavy atom. The zero-order valence-corrected chi connectivity index (χ0v) is 16.6. The van der Waals surface area contributed by atoms with Gasteiger partial charge in [0.1, 0.15) is 10.7 Å². The maximum atomic E-state index is 5.75. The molecule has 0 aliphatic carbocycles. The third kappa shape index (κ3) is 3.71. The molecule has 0 aromatic heterocycles. The van der Waals surface area contributed by atoms with Gasteiger partial charge in [-0.25, -0.2) is 0 Å². The maximum absolute atomic E-state index is 5.75. The van der Waals surface area contributed by atoms with E-state index in [1.54, 1.807) is 7.11 Å². The lowest BCUT2D eigenvalue weighted by Crippen LogP contribution is -2.46. The van der Waals surface area contributed by atoms with E-state index in [0.717, 1.165) is 28.3 Å². The summed E-state index contributed by atoms with van der Waals surface area (Å²) in [5, 5.41) is 7.41. The Morgan fingerprint density at radius 2 is 1.77 bits per heavy atom. The fraction of sp³-hybridized carbons (Fsp3) is 0.200. The molecule has 1 atom stereocenters. The van der Waals surface area contributed by atoms with Crippen molar-refractivity contribution in [1.29, 1.82) is 0 Å². The van der Waals surface area contributed by atoms with Crippen molar-refractivity contribution in [2.24, 2.45) is 0 Å². The molecule has 2 aromatic carbocycles. The van der Waals surface area contributed by atoms with Gasteiger partial charge in [-0.05, 0) is 49.0 Å². The van der Waals surface area contributed by atoms with Crippen molar-refractivity contribution in [2.45, 2.75) is 13.0 Å². The third-order valence-electron chi connectivity index (χ3n) is 4.48. The second-order valence-electron chi connectivity index (χ2n) is 6.03. The number of hydrogen-bond donors (Lipinski definition) is 2. The molecule has 0 spiro atoms. The van der Waals surface area contributed by atoms with Gasteiger partial charge >= 0.3 is 0 Å². The molecule has 2 N–H and O–H groups in total. The molecule has 0 saturated carbocycles. The van der Waals surface area contributed by atoms with Crippen molar-refractivity contribution in [3.63, 3.8) is 0 Å². The summed E-state index contributed by atoms with van der Waals surface area (Å²) in [4.78, 5) is 2.63. The van der Waals surface area contributed by atoms with Gasteiger partial charge in [0.2, 0.25) is 0 Å². The molecule has 4 nitrogen and oxygen atoms in total. The molecule has 3 rings (SSSR count). The molecule has 0 fully saturated rings. The average Bonchev–Trinajstić information content (AvgIpc) is 2.66. The van der Waals surface area contributed by atoms with Crippen LogP contribution < -0.4 is 15.4 Å². The monoisotopic (exact) mass is 383 g/mol. The highest BCUT2D eigenvalue weighted by Crippen LogP contribution is 2.32.